The summed E-state index contributed by atoms with van der Waals surface area (Å²) < 4.78 is 0. The first-order chi connectivity index (χ1) is 8.64. The van der Waals surface area contributed by atoms with Gasteiger partial charge in [0.25, 0.3) is 0 Å². The molecule has 3 nitrogen and oxygen atoms in total. The Morgan fingerprint density at radius 3 is 2.72 bits per heavy atom. The van der Waals surface area contributed by atoms with E-state index in [0.29, 0.717) is 0 Å². The van der Waals surface area contributed by atoms with E-state index in [2.05, 4.69) is 12.2 Å². The van der Waals surface area contributed by atoms with Crippen LogP contribution < -0.4 is 5.32 Å². The summed E-state index contributed by atoms with van der Waals surface area (Å²) in [4.78, 5) is 12.3. The second kappa shape index (κ2) is 5.53. The van der Waals surface area contributed by atoms with Gasteiger partial charge in [-0.3, -0.25) is 4.79 Å². The van der Waals surface area contributed by atoms with E-state index in [4.69, 9.17) is 5.11 Å². The molecule has 0 spiro atoms. The van der Waals surface area contributed by atoms with Gasteiger partial charge in [0, 0.05) is 11.1 Å². The average Bonchev–Trinajstić information content (AvgIpc) is 2.40. The smallest absolute Gasteiger partial charge is 0.230 e. The third kappa shape index (κ3) is 2.91. The molecule has 3 heteroatoms. The van der Waals surface area contributed by atoms with Crippen molar-refractivity contribution in [1.29, 1.82) is 0 Å². The van der Waals surface area contributed by atoms with E-state index >= 15 is 0 Å². The van der Waals surface area contributed by atoms with Crippen molar-refractivity contribution < 1.29 is 9.90 Å². The van der Waals surface area contributed by atoms with Crippen molar-refractivity contribution in [3.8, 4) is 0 Å². The molecule has 0 saturated heterocycles. The van der Waals surface area contributed by atoms with E-state index in [1.165, 1.54) is 6.42 Å². The number of hydrogen-bond donors (Lipinski definition) is 2. The molecule has 1 aromatic rings. The molecule has 0 radical (unpaired) electrons. The van der Waals surface area contributed by atoms with Crippen LogP contribution in [0.4, 0.5) is 5.69 Å². The van der Waals surface area contributed by atoms with Gasteiger partial charge in [-0.2, -0.15) is 0 Å². The second-order valence-corrected chi connectivity index (χ2v) is 5.43. The number of aliphatic hydroxyl groups excluding tert-OH is 1. The minimum Gasteiger partial charge on any atom is -0.392 e. The van der Waals surface area contributed by atoms with Crippen LogP contribution in [-0.4, -0.2) is 11.0 Å². The molecule has 2 N–H and O–H groups in total. The Bertz CT molecular complexity index is 422. The molecule has 0 atom stereocenters. The van der Waals surface area contributed by atoms with Crippen molar-refractivity contribution in [3.05, 3.63) is 29.8 Å². The summed E-state index contributed by atoms with van der Waals surface area (Å²) in [6.07, 6.45) is 5.46. The zero-order valence-corrected chi connectivity index (χ0v) is 10.9. The lowest BCUT2D eigenvalue weighted by Crippen LogP contribution is -2.35. The van der Waals surface area contributed by atoms with Gasteiger partial charge >= 0.3 is 0 Å². The lowest BCUT2D eigenvalue weighted by atomic mass is 9.75. The molecule has 1 amide bonds. The molecule has 0 bridgehead atoms. The second-order valence-electron chi connectivity index (χ2n) is 5.43. The fourth-order valence-corrected chi connectivity index (χ4v) is 2.59. The van der Waals surface area contributed by atoms with E-state index < -0.39 is 0 Å². The summed E-state index contributed by atoms with van der Waals surface area (Å²) in [6.45, 7) is 2.05. The zero-order chi connectivity index (χ0) is 13.0. The van der Waals surface area contributed by atoms with Gasteiger partial charge in [-0.1, -0.05) is 38.3 Å². The van der Waals surface area contributed by atoms with E-state index in [1.54, 1.807) is 0 Å². The van der Waals surface area contributed by atoms with Gasteiger partial charge in [-0.05, 0) is 30.5 Å². The van der Waals surface area contributed by atoms with Crippen molar-refractivity contribution in [3.63, 3.8) is 0 Å². The molecule has 1 aliphatic carbocycles. The third-order valence-corrected chi connectivity index (χ3v) is 3.87. The highest BCUT2D eigenvalue weighted by atomic mass is 16.3. The molecule has 1 saturated carbocycles. The minimum absolute atomic E-state index is 0.000971. The maximum Gasteiger partial charge on any atom is 0.230 e. The summed E-state index contributed by atoms with van der Waals surface area (Å²) in [7, 11) is 0. The highest BCUT2D eigenvalue weighted by Crippen LogP contribution is 2.36. The maximum absolute atomic E-state index is 12.3. The Hall–Kier alpha value is -1.35. The van der Waals surface area contributed by atoms with Crippen LogP contribution in [0.5, 0.6) is 0 Å². The van der Waals surface area contributed by atoms with E-state index in [-0.39, 0.29) is 17.9 Å². The zero-order valence-electron chi connectivity index (χ0n) is 10.9. The quantitative estimate of drug-likeness (QED) is 0.862. The Kier molecular flexibility index (Phi) is 4.02. The van der Waals surface area contributed by atoms with Gasteiger partial charge in [0.1, 0.15) is 0 Å². The van der Waals surface area contributed by atoms with Crippen LogP contribution >= 0.6 is 0 Å². The molecule has 18 heavy (non-hydrogen) atoms. The summed E-state index contributed by atoms with van der Waals surface area (Å²) in [5.41, 5.74) is 1.37. The molecule has 1 fully saturated rings. The summed E-state index contributed by atoms with van der Waals surface area (Å²) in [5.74, 6) is 0.109. The number of benzene rings is 1. The van der Waals surface area contributed by atoms with Gasteiger partial charge < -0.3 is 10.4 Å². The van der Waals surface area contributed by atoms with Crippen LogP contribution in [0.3, 0.4) is 0 Å². The molecular weight excluding hydrogens is 226 g/mol. The molecule has 0 aromatic heterocycles. The number of carbonyl (C=O) groups is 1. The van der Waals surface area contributed by atoms with Crippen molar-refractivity contribution in [2.24, 2.45) is 5.41 Å². The highest BCUT2D eigenvalue weighted by molar-refractivity contribution is 5.95. The highest BCUT2D eigenvalue weighted by Gasteiger charge is 2.34. The topological polar surface area (TPSA) is 49.3 Å². The van der Waals surface area contributed by atoms with E-state index in [1.807, 2.05) is 24.3 Å². The van der Waals surface area contributed by atoms with Crippen molar-refractivity contribution in [1.82, 2.24) is 0 Å². The van der Waals surface area contributed by atoms with Gasteiger partial charge in [-0.25, -0.2) is 0 Å². The standard InChI is InChI=1S/C15H21NO2/c1-15(8-3-2-4-9-15)14(18)16-13-7-5-6-12(10-13)11-17/h5-7,10,17H,2-4,8-9,11H2,1H3,(H,16,18). The Balaban J connectivity index is 2.05. The van der Waals surface area contributed by atoms with Crippen molar-refractivity contribution in [2.75, 3.05) is 5.32 Å². The van der Waals surface area contributed by atoms with Crippen LogP contribution in [0, 0.1) is 5.41 Å². The Morgan fingerprint density at radius 2 is 2.06 bits per heavy atom. The van der Waals surface area contributed by atoms with Gasteiger partial charge in [0.15, 0.2) is 0 Å². The normalized spacial score (nSPS) is 18.3. The van der Waals surface area contributed by atoms with E-state index in [9.17, 15) is 4.79 Å². The van der Waals surface area contributed by atoms with Crippen molar-refractivity contribution in [2.45, 2.75) is 45.6 Å². The first-order valence-corrected chi connectivity index (χ1v) is 6.65. The average molecular weight is 247 g/mol. The third-order valence-electron chi connectivity index (χ3n) is 3.87. The molecule has 0 aliphatic heterocycles. The molecular formula is C15H21NO2. The van der Waals surface area contributed by atoms with Crippen LogP contribution in [-0.2, 0) is 11.4 Å². The van der Waals surface area contributed by atoms with E-state index in [0.717, 1.165) is 36.9 Å². The lowest BCUT2D eigenvalue weighted by Gasteiger charge is -2.32. The first-order valence-electron chi connectivity index (χ1n) is 6.65. The van der Waals surface area contributed by atoms with Gasteiger partial charge in [0.05, 0.1) is 6.61 Å². The van der Waals surface area contributed by atoms with Gasteiger partial charge in [-0.15, -0.1) is 0 Å². The molecule has 1 aliphatic rings. The van der Waals surface area contributed by atoms with Crippen molar-refractivity contribution >= 4 is 11.6 Å². The van der Waals surface area contributed by atoms with Gasteiger partial charge in [0.2, 0.25) is 5.91 Å². The summed E-state index contributed by atoms with van der Waals surface area (Å²) >= 11 is 0. The lowest BCUT2D eigenvalue weighted by molar-refractivity contribution is -0.126. The molecule has 1 aromatic carbocycles. The number of aliphatic hydroxyl groups is 1. The number of anilines is 1. The van der Waals surface area contributed by atoms with Crippen LogP contribution in [0.25, 0.3) is 0 Å². The number of hydrogen-bond acceptors (Lipinski definition) is 2. The Morgan fingerprint density at radius 1 is 1.33 bits per heavy atom. The minimum atomic E-state index is -0.229. The van der Waals surface area contributed by atoms with Crippen LogP contribution in [0.1, 0.15) is 44.6 Å². The number of amides is 1. The predicted molar refractivity (Wildman–Crippen MR) is 72.2 cm³/mol. The Labute approximate surface area is 108 Å². The number of nitrogens with one attached hydrogen (secondary N) is 1. The predicted octanol–water partition coefficient (Wildman–Crippen LogP) is 3.09. The molecule has 0 unspecified atom stereocenters. The van der Waals surface area contributed by atoms with Crippen LogP contribution in [0.2, 0.25) is 0 Å². The SMILES string of the molecule is CC1(C(=O)Nc2cccc(CO)c2)CCCCC1. The largest absolute Gasteiger partial charge is 0.392 e. The summed E-state index contributed by atoms with van der Waals surface area (Å²) in [5, 5.41) is 12.1. The van der Waals surface area contributed by atoms with Crippen LogP contribution in [0.15, 0.2) is 24.3 Å². The maximum atomic E-state index is 12.3. The fraction of sp³-hybridized carbons (Fsp3) is 0.533. The first kappa shape index (κ1) is 13.1. The number of carbonyl (C=O) groups excluding carboxylic acids is 1. The number of rotatable bonds is 3. The fourth-order valence-electron chi connectivity index (χ4n) is 2.59. The molecule has 0 heterocycles. The molecule has 98 valence electrons. The monoisotopic (exact) mass is 247 g/mol. The summed E-state index contributed by atoms with van der Waals surface area (Å²) in [6, 6.07) is 7.38. The molecule has 2 rings (SSSR count).